The summed E-state index contributed by atoms with van der Waals surface area (Å²) in [6.07, 6.45) is 2.57. The molecule has 0 unspecified atom stereocenters. The van der Waals surface area contributed by atoms with Crippen LogP contribution in [0.4, 0.5) is 0 Å². The van der Waals surface area contributed by atoms with Gasteiger partial charge in [0.05, 0.1) is 7.11 Å². The first-order valence-corrected chi connectivity index (χ1v) is 11.2. The third-order valence-electron chi connectivity index (χ3n) is 6.24. The van der Waals surface area contributed by atoms with Crippen LogP contribution in [0.1, 0.15) is 45.6 Å². The molecule has 30 heavy (non-hydrogen) atoms. The van der Waals surface area contributed by atoms with E-state index in [-0.39, 0.29) is 23.1 Å². The summed E-state index contributed by atoms with van der Waals surface area (Å²) in [5, 5.41) is 0. The third-order valence-corrected chi connectivity index (χ3v) is 6.24. The van der Waals surface area contributed by atoms with Crippen LogP contribution in [0.2, 0.25) is 0 Å². The minimum atomic E-state index is -0.352. The molecule has 1 aromatic rings. The van der Waals surface area contributed by atoms with E-state index in [2.05, 4.69) is 21.9 Å². The second kappa shape index (κ2) is 9.82. The number of benzene rings is 1. The van der Waals surface area contributed by atoms with Gasteiger partial charge in [0.2, 0.25) is 11.8 Å². The highest BCUT2D eigenvalue weighted by Crippen LogP contribution is 2.25. The summed E-state index contributed by atoms with van der Waals surface area (Å²) in [5.41, 5.74) is 0.918. The van der Waals surface area contributed by atoms with Gasteiger partial charge in [-0.1, -0.05) is 32.9 Å². The predicted molar refractivity (Wildman–Crippen MR) is 118 cm³/mol. The van der Waals surface area contributed by atoms with Gasteiger partial charge in [-0.2, -0.15) is 0 Å². The number of hydrogen-bond acceptors (Lipinski definition) is 4. The van der Waals surface area contributed by atoms with Crippen LogP contribution in [0.5, 0.6) is 5.75 Å². The first kappa shape index (κ1) is 22.6. The standard InChI is InChI=1S/C24H37N3O3/c1-24(2,3)23(29)27-14-10-20(11-15-27)22(28)26-13-5-12-25(16-17-26)18-19-6-8-21(30-4)9-7-19/h6-9,20H,5,10-18H2,1-4H3. The monoisotopic (exact) mass is 415 g/mol. The molecule has 2 fully saturated rings. The van der Waals surface area contributed by atoms with Gasteiger partial charge >= 0.3 is 0 Å². The number of ether oxygens (including phenoxy) is 1. The molecule has 2 amide bonds. The molecule has 0 aliphatic carbocycles. The average molecular weight is 416 g/mol. The van der Waals surface area contributed by atoms with E-state index in [1.165, 1.54) is 5.56 Å². The van der Waals surface area contributed by atoms with Gasteiger partial charge < -0.3 is 14.5 Å². The molecule has 3 rings (SSSR count). The molecule has 1 aromatic carbocycles. The topological polar surface area (TPSA) is 53.1 Å². The molecule has 0 spiro atoms. The van der Waals surface area contributed by atoms with E-state index >= 15 is 0 Å². The van der Waals surface area contributed by atoms with Gasteiger partial charge in [-0.15, -0.1) is 0 Å². The molecule has 2 aliphatic heterocycles. The van der Waals surface area contributed by atoms with Gasteiger partial charge in [-0.3, -0.25) is 14.5 Å². The number of piperidine rings is 1. The number of rotatable bonds is 4. The Balaban J connectivity index is 1.48. The number of methoxy groups -OCH3 is 1. The van der Waals surface area contributed by atoms with Crippen LogP contribution in [-0.4, -0.2) is 72.9 Å². The van der Waals surface area contributed by atoms with Gasteiger partial charge in [0.1, 0.15) is 5.75 Å². The first-order valence-electron chi connectivity index (χ1n) is 11.2. The predicted octanol–water partition coefficient (Wildman–Crippen LogP) is 3.01. The van der Waals surface area contributed by atoms with E-state index in [0.717, 1.165) is 57.7 Å². The molecule has 0 radical (unpaired) electrons. The van der Waals surface area contributed by atoms with Crippen LogP contribution in [0.25, 0.3) is 0 Å². The van der Waals surface area contributed by atoms with Crippen molar-refractivity contribution in [3.63, 3.8) is 0 Å². The van der Waals surface area contributed by atoms with E-state index in [4.69, 9.17) is 4.74 Å². The number of nitrogens with zero attached hydrogens (tertiary/aromatic N) is 3. The summed E-state index contributed by atoms with van der Waals surface area (Å²) in [5.74, 6) is 1.41. The molecule has 0 N–H and O–H groups in total. The fraction of sp³-hybridized carbons (Fsp3) is 0.667. The number of carbonyl (C=O) groups is 2. The van der Waals surface area contributed by atoms with Gasteiger partial charge in [-0.25, -0.2) is 0 Å². The van der Waals surface area contributed by atoms with Crippen molar-refractivity contribution in [1.29, 1.82) is 0 Å². The highest BCUT2D eigenvalue weighted by atomic mass is 16.5. The Morgan fingerprint density at radius 1 is 0.933 bits per heavy atom. The lowest BCUT2D eigenvalue weighted by molar-refractivity contribution is -0.144. The summed E-state index contributed by atoms with van der Waals surface area (Å²) in [6, 6.07) is 8.22. The Hall–Kier alpha value is -2.08. The smallest absolute Gasteiger partial charge is 0.227 e. The number of hydrogen-bond donors (Lipinski definition) is 0. The Labute approximate surface area is 181 Å². The van der Waals surface area contributed by atoms with Crippen LogP contribution in [0.3, 0.4) is 0 Å². The highest BCUT2D eigenvalue weighted by Gasteiger charge is 2.34. The Morgan fingerprint density at radius 2 is 1.60 bits per heavy atom. The lowest BCUT2D eigenvalue weighted by Gasteiger charge is -2.36. The molecule has 0 saturated carbocycles. The zero-order valence-electron chi connectivity index (χ0n) is 19.0. The van der Waals surface area contributed by atoms with E-state index in [9.17, 15) is 9.59 Å². The maximum Gasteiger partial charge on any atom is 0.227 e. The van der Waals surface area contributed by atoms with Crippen molar-refractivity contribution in [1.82, 2.24) is 14.7 Å². The Kier molecular flexibility index (Phi) is 7.40. The van der Waals surface area contributed by atoms with Crippen molar-refractivity contribution in [2.24, 2.45) is 11.3 Å². The summed E-state index contributed by atoms with van der Waals surface area (Å²) in [4.78, 5) is 32.0. The first-order chi connectivity index (χ1) is 14.3. The summed E-state index contributed by atoms with van der Waals surface area (Å²) < 4.78 is 5.23. The van der Waals surface area contributed by atoms with Crippen LogP contribution >= 0.6 is 0 Å². The number of amides is 2. The van der Waals surface area contributed by atoms with Crippen LogP contribution in [0.15, 0.2) is 24.3 Å². The fourth-order valence-corrected chi connectivity index (χ4v) is 4.40. The van der Waals surface area contributed by atoms with Crippen molar-refractivity contribution in [3.8, 4) is 5.75 Å². The summed E-state index contributed by atoms with van der Waals surface area (Å²) >= 11 is 0. The molecular weight excluding hydrogens is 378 g/mol. The van der Waals surface area contributed by atoms with Gasteiger partial charge in [0, 0.05) is 57.1 Å². The Morgan fingerprint density at radius 3 is 2.20 bits per heavy atom. The van der Waals surface area contributed by atoms with Crippen molar-refractivity contribution < 1.29 is 14.3 Å². The second-order valence-electron chi connectivity index (χ2n) is 9.62. The van der Waals surface area contributed by atoms with Crippen LogP contribution < -0.4 is 4.74 Å². The Bertz CT molecular complexity index is 718. The van der Waals surface area contributed by atoms with Crippen molar-refractivity contribution >= 4 is 11.8 Å². The minimum absolute atomic E-state index is 0.0576. The van der Waals surface area contributed by atoms with Crippen molar-refractivity contribution in [2.45, 2.75) is 46.6 Å². The lowest BCUT2D eigenvalue weighted by Crippen LogP contribution is -2.47. The van der Waals surface area contributed by atoms with Crippen molar-refractivity contribution in [2.75, 3.05) is 46.4 Å². The molecule has 2 heterocycles. The van der Waals surface area contributed by atoms with Crippen LogP contribution in [-0.2, 0) is 16.1 Å². The van der Waals surface area contributed by atoms with E-state index in [1.807, 2.05) is 37.8 Å². The molecular formula is C24H37N3O3. The van der Waals surface area contributed by atoms with E-state index < -0.39 is 0 Å². The van der Waals surface area contributed by atoms with Crippen LogP contribution in [0, 0.1) is 11.3 Å². The SMILES string of the molecule is COc1ccc(CN2CCCN(C(=O)C3CCN(C(=O)C(C)(C)C)CC3)CC2)cc1. The minimum Gasteiger partial charge on any atom is -0.497 e. The second-order valence-corrected chi connectivity index (χ2v) is 9.62. The zero-order chi connectivity index (χ0) is 21.7. The normalized spacial score (nSPS) is 19.5. The maximum atomic E-state index is 13.1. The lowest BCUT2D eigenvalue weighted by atomic mass is 9.90. The zero-order valence-corrected chi connectivity index (χ0v) is 19.0. The highest BCUT2D eigenvalue weighted by molar-refractivity contribution is 5.82. The fourth-order valence-electron chi connectivity index (χ4n) is 4.40. The molecule has 6 nitrogen and oxygen atoms in total. The third kappa shape index (κ3) is 5.75. The molecule has 0 aromatic heterocycles. The molecule has 6 heteroatoms. The molecule has 166 valence electrons. The number of carbonyl (C=O) groups excluding carboxylic acids is 2. The number of likely N-dealkylation sites (tertiary alicyclic amines) is 1. The van der Waals surface area contributed by atoms with Gasteiger partial charge in [0.25, 0.3) is 0 Å². The maximum absolute atomic E-state index is 13.1. The molecule has 0 bridgehead atoms. The van der Waals surface area contributed by atoms with Gasteiger partial charge in [0.15, 0.2) is 0 Å². The average Bonchev–Trinajstić information content (AvgIpc) is 2.98. The molecule has 2 saturated heterocycles. The quantitative estimate of drug-likeness (QED) is 0.759. The summed E-state index contributed by atoms with van der Waals surface area (Å²) in [7, 11) is 1.68. The van der Waals surface area contributed by atoms with E-state index in [1.54, 1.807) is 7.11 Å². The van der Waals surface area contributed by atoms with E-state index in [0.29, 0.717) is 13.1 Å². The molecule has 0 atom stereocenters. The van der Waals surface area contributed by atoms with Crippen molar-refractivity contribution in [3.05, 3.63) is 29.8 Å². The van der Waals surface area contributed by atoms with Gasteiger partial charge in [-0.05, 0) is 37.0 Å². The largest absolute Gasteiger partial charge is 0.497 e. The molecule has 2 aliphatic rings. The summed E-state index contributed by atoms with van der Waals surface area (Å²) in [6.45, 7) is 11.7.